The van der Waals surface area contributed by atoms with Gasteiger partial charge in [-0.2, -0.15) is 0 Å². The molecule has 1 atom stereocenters. The summed E-state index contributed by atoms with van der Waals surface area (Å²) in [4.78, 5) is 16.6. The van der Waals surface area contributed by atoms with E-state index in [0.29, 0.717) is 27.9 Å². The van der Waals surface area contributed by atoms with E-state index in [9.17, 15) is 9.18 Å². The van der Waals surface area contributed by atoms with E-state index in [4.69, 9.17) is 5.73 Å². The molecule has 0 saturated heterocycles. The number of amides is 1. The number of thiazole rings is 1. The predicted molar refractivity (Wildman–Crippen MR) is 80.5 cm³/mol. The first-order valence-electron chi connectivity index (χ1n) is 6.89. The topological polar surface area (TPSA) is 68.0 Å². The number of benzene rings is 1. The third kappa shape index (κ3) is 3.28. The molecule has 4 nitrogen and oxygen atoms in total. The van der Waals surface area contributed by atoms with Crippen molar-refractivity contribution in [1.82, 2.24) is 10.3 Å². The lowest BCUT2D eigenvalue weighted by molar-refractivity contribution is 0.0954. The molecule has 1 amide bonds. The van der Waals surface area contributed by atoms with Crippen LogP contribution in [0.4, 0.5) is 4.39 Å². The summed E-state index contributed by atoms with van der Waals surface area (Å²) in [5.41, 5.74) is 6.36. The molecule has 2 aromatic rings. The Hall–Kier alpha value is -1.79. The fourth-order valence-corrected chi connectivity index (χ4v) is 2.99. The van der Waals surface area contributed by atoms with Crippen molar-refractivity contribution in [2.45, 2.75) is 18.9 Å². The smallest absolute Gasteiger partial charge is 0.263 e. The highest BCUT2D eigenvalue weighted by atomic mass is 32.1. The van der Waals surface area contributed by atoms with Crippen molar-refractivity contribution in [1.29, 1.82) is 0 Å². The van der Waals surface area contributed by atoms with Gasteiger partial charge >= 0.3 is 0 Å². The lowest BCUT2D eigenvalue weighted by Crippen LogP contribution is -2.38. The van der Waals surface area contributed by atoms with Crippen molar-refractivity contribution in [3.63, 3.8) is 0 Å². The van der Waals surface area contributed by atoms with Crippen molar-refractivity contribution < 1.29 is 9.18 Å². The van der Waals surface area contributed by atoms with E-state index in [1.165, 1.54) is 23.6 Å². The summed E-state index contributed by atoms with van der Waals surface area (Å²) in [6, 6.07) is 6.42. The molecule has 1 heterocycles. The van der Waals surface area contributed by atoms with Crippen LogP contribution in [-0.2, 0) is 0 Å². The number of rotatable bonds is 5. The zero-order chi connectivity index (χ0) is 14.8. The normalized spacial score (nSPS) is 15.7. The Balaban J connectivity index is 1.66. The summed E-state index contributed by atoms with van der Waals surface area (Å²) in [5, 5.41) is 3.32. The molecular weight excluding hydrogens is 289 g/mol. The maximum absolute atomic E-state index is 13.7. The highest BCUT2D eigenvalue weighted by Gasteiger charge is 2.28. The van der Waals surface area contributed by atoms with Crippen LogP contribution in [0.15, 0.2) is 30.5 Å². The molecule has 6 heteroatoms. The van der Waals surface area contributed by atoms with E-state index in [-0.39, 0.29) is 17.8 Å². The minimum atomic E-state index is -0.338. The first-order chi connectivity index (χ1) is 10.1. The van der Waals surface area contributed by atoms with Gasteiger partial charge < -0.3 is 11.1 Å². The SMILES string of the molecule is NC(CNC(=O)c1cnc(-c2ccccc2F)s1)C1CC1. The molecule has 3 rings (SSSR count). The molecule has 1 aromatic heterocycles. The van der Waals surface area contributed by atoms with Gasteiger partial charge in [0.05, 0.1) is 6.20 Å². The van der Waals surface area contributed by atoms with Gasteiger partial charge in [0.15, 0.2) is 0 Å². The minimum absolute atomic E-state index is 0.0212. The zero-order valence-electron chi connectivity index (χ0n) is 11.4. The fourth-order valence-electron chi connectivity index (χ4n) is 2.13. The van der Waals surface area contributed by atoms with Crippen LogP contribution in [0.3, 0.4) is 0 Å². The van der Waals surface area contributed by atoms with Gasteiger partial charge in [-0.1, -0.05) is 12.1 Å². The summed E-state index contributed by atoms with van der Waals surface area (Å²) < 4.78 is 13.7. The number of carbonyl (C=O) groups is 1. The van der Waals surface area contributed by atoms with Crippen LogP contribution in [0, 0.1) is 11.7 Å². The van der Waals surface area contributed by atoms with Crippen molar-refractivity contribution >= 4 is 17.2 Å². The Morgan fingerprint density at radius 1 is 1.48 bits per heavy atom. The number of nitrogens with one attached hydrogen (secondary N) is 1. The lowest BCUT2D eigenvalue weighted by Gasteiger charge is -2.10. The first-order valence-corrected chi connectivity index (χ1v) is 7.71. The highest BCUT2D eigenvalue weighted by Crippen LogP contribution is 2.31. The number of halogens is 1. The van der Waals surface area contributed by atoms with Crippen LogP contribution in [0.1, 0.15) is 22.5 Å². The largest absolute Gasteiger partial charge is 0.350 e. The van der Waals surface area contributed by atoms with Gasteiger partial charge in [-0.15, -0.1) is 11.3 Å². The van der Waals surface area contributed by atoms with E-state index in [1.54, 1.807) is 18.2 Å². The second-order valence-corrected chi connectivity index (χ2v) is 6.25. The molecule has 21 heavy (non-hydrogen) atoms. The average Bonchev–Trinajstić information content (AvgIpc) is 3.23. The van der Waals surface area contributed by atoms with Gasteiger partial charge in [0.25, 0.3) is 5.91 Å². The molecular formula is C15H16FN3OS. The fraction of sp³-hybridized carbons (Fsp3) is 0.333. The van der Waals surface area contributed by atoms with Crippen LogP contribution in [-0.4, -0.2) is 23.5 Å². The number of nitrogens with two attached hydrogens (primary N) is 1. The van der Waals surface area contributed by atoms with Gasteiger partial charge in [0, 0.05) is 18.2 Å². The van der Waals surface area contributed by atoms with E-state index in [0.717, 1.165) is 12.8 Å². The molecule has 1 aliphatic carbocycles. The third-order valence-electron chi connectivity index (χ3n) is 3.56. The van der Waals surface area contributed by atoms with E-state index >= 15 is 0 Å². The Bertz CT molecular complexity index is 654. The van der Waals surface area contributed by atoms with E-state index in [2.05, 4.69) is 10.3 Å². The summed E-state index contributed by atoms with van der Waals surface area (Å²) in [6.45, 7) is 0.469. The standard InChI is InChI=1S/C15H16FN3OS/c16-11-4-2-1-3-10(11)15-19-8-13(21-15)14(20)18-7-12(17)9-5-6-9/h1-4,8-9,12H,5-7,17H2,(H,18,20). The summed E-state index contributed by atoms with van der Waals surface area (Å²) in [5.74, 6) is 0.00138. The molecule has 0 bridgehead atoms. The maximum atomic E-state index is 13.7. The Kier molecular flexibility index (Phi) is 3.98. The van der Waals surface area contributed by atoms with Crippen molar-refractivity contribution in [2.75, 3.05) is 6.54 Å². The van der Waals surface area contributed by atoms with Crippen molar-refractivity contribution in [3.05, 3.63) is 41.2 Å². The molecule has 0 radical (unpaired) electrons. The number of nitrogens with zero attached hydrogens (tertiary/aromatic N) is 1. The first kappa shape index (κ1) is 14.2. The lowest BCUT2D eigenvalue weighted by atomic mass is 10.2. The molecule has 1 unspecified atom stereocenters. The molecule has 110 valence electrons. The molecule has 1 aliphatic rings. The maximum Gasteiger partial charge on any atom is 0.263 e. The third-order valence-corrected chi connectivity index (χ3v) is 4.59. The highest BCUT2D eigenvalue weighted by molar-refractivity contribution is 7.16. The number of hydrogen-bond donors (Lipinski definition) is 2. The molecule has 0 aliphatic heterocycles. The minimum Gasteiger partial charge on any atom is -0.350 e. The van der Waals surface area contributed by atoms with Gasteiger partial charge in [-0.25, -0.2) is 9.37 Å². The molecule has 1 saturated carbocycles. The summed E-state index contributed by atoms with van der Waals surface area (Å²) in [7, 11) is 0. The number of carbonyl (C=O) groups excluding carboxylic acids is 1. The molecule has 0 spiro atoms. The van der Waals surface area contributed by atoms with Crippen LogP contribution >= 0.6 is 11.3 Å². The van der Waals surface area contributed by atoms with Crippen LogP contribution in [0.5, 0.6) is 0 Å². The van der Waals surface area contributed by atoms with Crippen LogP contribution in [0.25, 0.3) is 10.6 Å². The average molecular weight is 305 g/mol. The second-order valence-electron chi connectivity index (χ2n) is 5.22. The Morgan fingerprint density at radius 2 is 2.24 bits per heavy atom. The predicted octanol–water partition coefficient (Wildman–Crippen LogP) is 2.42. The summed E-state index contributed by atoms with van der Waals surface area (Å²) in [6.07, 6.45) is 3.77. The van der Waals surface area contributed by atoms with Gasteiger partial charge in [-0.05, 0) is 30.9 Å². The monoisotopic (exact) mass is 305 g/mol. The Morgan fingerprint density at radius 3 is 2.95 bits per heavy atom. The van der Waals surface area contributed by atoms with Crippen LogP contribution < -0.4 is 11.1 Å². The van der Waals surface area contributed by atoms with Gasteiger partial charge in [-0.3, -0.25) is 4.79 Å². The number of hydrogen-bond acceptors (Lipinski definition) is 4. The molecule has 1 aromatic carbocycles. The van der Waals surface area contributed by atoms with E-state index < -0.39 is 0 Å². The quantitative estimate of drug-likeness (QED) is 0.891. The zero-order valence-corrected chi connectivity index (χ0v) is 12.2. The Labute approximate surface area is 126 Å². The second kappa shape index (κ2) is 5.91. The van der Waals surface area contributed by atoms with Crippen molar-refractivity contribution in [2.24, 2.45) is 11.7 Å². The van der Waals surface area contributed by atoms with E-state index in [1.807, 2.05) is 0 Å². The number of aromatic nitrogens is 1. The van der Waals surface area contributed by atoms with Crippen molar-refractivity contribution in [3.8, 4) is 10.6 Å². The van der Waals surface area contributed by atoms with Crippen LogP contribution in [0.2, 0.25) is 0 Å². The summed E-state index contributed by atoms with van der Waals surface area (Å²) >= 11 is 1.18. The van der Waals surface area contributed by atoms with Gasteiger partial charge in [0.1, 0.15) is 15.7 Å². The molecule has 1 fully saturated rings. The molecule has 3 N–H and O–H groups in total. The van der Waals surface area contributed by atoms with Gasteiger partial charge in [0.2, 0.25) is 0 Å².